The van der Waals surface area contributed by atoms with E-state index in [1.165, 1.54) is 12.8 Å². The molecule has 0 aromatic heterocycles. The van der Waals surface area contributed by atoms with Crippen molar-refractivity contribution in [3.05, 3.63) is 23.7 Å². The Kier molecular flexibility index (Phi) is 2.35. The summed E-state index contributed by atoms with van der Waals surface area (Å²) in [5.74, 6) is 2.01. The van der Waals surface area contributed by atoms with Crippen molar-refractivity contribution in [2.24, 2.45) is 0 Å². The highest BCUT2D eigenvalue weighted by atomic mass is 17.2. The van der Waals surface area contributed by atoms with E-state index < -0.39 is 0 Å². The van der Waals surface area contributed by atoms with E-state index in [2.05, 4.69) is 12.2 Å². The summed E-state index contributed by atoms with van der Waals surface area (Å²) in [5, 5.41) is 0. The Morgan fingerprint density at radius 1 is 0.833 bits per heavy atom. The third kappa shape index (κ3) is 1.81. The van der Waals surface area contributed by atoms with Gasteiger partial charge in [-0.3, -0.25) is 9.78 Å². The fraction of sp³-hybridized carbons (Fsp3) is 0.600. The van der Waals surface area contributed by atoms with Gasteiger partial charge in [0.15, 0.2) is 11.5 Å². The summed E-state index contributed by atoms with van der Waals surface area (Å²) in [7, 11) is 0. The number of rotatable bonds is 3. The molecule has 2 aliphatic rings. The van der Waals surface area contributed by atoms with Gasteiger partial charge in [0.05, 0.1) is 0 Å². The summed E-state index contributed by atoms with van der Waals surface area (Å²) < 4.78 is 0. The number of hydrogen-bond donors (Lipinski definition) is 0. The Morgan fingerprint density at radius 2 is 1.33 bits per heavy atom. The van der Waals surface area contributed by atoms with Crippen LogP contribution in [0.1, 0.15) is 38.5 Å². The van der Waals surface area contributed by atoms with Crippen LogP contribution < -0.4 is 0 Å². The van der Waals surface area contributed by atoms with Crippen molar-refractivity contribution in [3.63, 3.8) is 0 Å². The molecule has 0 aromatic carbocycles. The van der Waals surface area contributed by atoms with E-state index >= 15 is 0 Å². The van der Waals surface area contributed by atoms with Crippen molar-refractivity contribution < 1.29 is 9.78 Å². The number of allylic oxidation sites excluding steroid dienone is 4. The van der Waals surface area contributed by atoms with Crippen LogP contribution in [-0.4, -0.2) is 0 Å². The van der Waals surface area contributed by atoms with Crippen molar-refractivity contribution in [3.8, 4) is 0 Å². The zero-order valence-corrected chi connectivity index (χ0v) is 7.21. The maximum Gasteiger partial charge on any atom is 0.151 e. The molecule has 0 aliphatic heterocycles. The summed E-state index contributed by atoms with van der Waals surface area (Å²) in [6, 6.07) is 0. The molecule has 12 heavy (non-hydrogen) atoms. The van der Waals surface area contributed by atoms with Gasteiger partial charge in [0.25, 0.3) is 0 Å². The first-order valence-corrected chi connectivity index (χ1v) is 4.68. The molecule has 2 heteroatoms. The molecular weight excluding hydrogens is 152 g/mol. The van der Waals surface area contributed by atoms with Gasteiger partial charge >= 0.3 is 0 Å². The molecule has 0 fully saturated rings. The molecule has 0 radical (unpaired) electrons. The molecule has 0 atom stereocenters. The summed E-state index contributed by atoms with van der Waals surface area (Å²) in [6.45, 7) is 0. The number of hydrogen-bond acceptors (Lipinski definition) is 2. The van der Waals surface area contributed by atoms with E-state index in [0.29, 0.717) is 0 Å². The highest BCUT2D eigenvalue weighted by Crippen LogP contribution is 2.23. The van der Waals surface area contributed by atoms with Crippen molar-refractivity contribution in [2.45, 2.75) is 38.5 Å². The van der Waals surface area contributed by atoms with Crippen LogP contribution in [0.25, 0.3) is 0 Å². The van der Waals surface area contributed by atoms with Gasteiger partial charge in [0.1, 0.15) is 0 Å². The largest absolute Gasteiger partial charge is 0.295 e. The molecule has 0 amide bonds. The first kappa shape index (κ1) is 7.71. The molecule has 0 N–H and O–H groups in total. The Hall–Kier alpha value is -0.920. The Bertz CT molecular complexity index is 192. The summed E-state index contributed by atoms with van der Waals surface area (Å²) in [5.41, 5.74) is 0. The maximum absolute atomic E-state index is 5.18. The second-order valence-electron chi connectivity index (χ2n) is 3.29. The quantitative estimate of drug-likeness (QED) is 0.474. The van der Waals surface area contributed by atoms with E-state index in [-0.39, 0.29) is 0 Å². The van der Waals surface area contributed by atoms with Gasteiger partial charge in [-0.15, -0.1) is 0 Å². The normalized spacial score (nSPS) is 22.0. The molecule has 66 valence electrons. The smallest absolute Gasteiger partial charge is 0.151 e. The van der Waals surface area contributed by atoms with Crippen LogP contribution in [0, 0.1) is 0 Å². The van der Waals surface area contributed by atoms with Crippen LogP contribution in [0.15, 0.2) is 23.7 Å². The van der Waals surface area contributed by atoms with E-state index in [1.807, 2.05) is 0 Å². The van der Waals surface area contributed by atoms with Crippen LogP contribution in [0.5, 0.6) is 0 Å². The molecule has 2 aliphatic carbocycles. The second kappa shape index (κ2) is 3.65. The van der Waals surface area contributed by atoms with Gasteiger partial charge in [0.2, 0.25) is 0 Å². The third-order valence-corrected chi connectivity index (χ3v) is 2.25. The Morgan fingerprint density at radius 3 is 1.67 bits per heavy atom. The average molecular weight is 166 g/mol. The van der Waals surface area contributed by atoms with E-state index in [1.54, 1.807) is 0 Å². The molecule has 0 aromatic rings. The lowest BCUT2D eigenvalue weighted by atomic mass is 10.4. The zero-order chi connectivity index (χ0) is 8.23. The van der Waals surface area contributed by atoms with Gasteiger partial charge < -0.3 is 0 Å². The first-order chi connectivity index (χ1) is 5.95. The highest BCUT2D eigenvalue weighted by molar-refractivity contribution is 5.01. The van der Waals surface area contributed by atoms with E-state index in [4.69, 9.17) is 9.78 Å². The van der Waals surface area contributed by atoms with Gasteiger partial charge in [-0.1, -0.05) is 0 Å². The minimum atomic E-state index is 1.00. The third-order valence-electron chi connectivity index (χ3n) is 2.25. The zero-order valence-electron chi connectivity index (χ0n) is 7.21. The maximum atomic E-state index is 5.18. The molecule has 0 unspecified atom stereocenters. The van der Waals surface area contributed by atoms with Gasteiger partial charge in [0, 0.05) is 12.8 Å². The lowest BCUT2D eigenvalue weighted by molar-refractivity contribution is -0.228. The average Bonchev–Trinajstić information content (AvgIpc) is 2.74. The summed E-state index contributed by atoms with van der Waals surface area (Å²) >= 11 is 0. The first-order valence-electron chi connectivity index (χ1n) is 4.68. The second-order valence-corrected chi connectivity index (χ2v) is 3.29. The molecule has 2 rings (SSSR count). The van der Waals surface area contributed by atoms with Crippen molar-refractivity contribution in [1.29, 1.82) is 0 Å². The van der Waals surface area contributed by atoms with Crippen molar-refractivity contribution in [2.75, 3.05) is 0 Å². The fourth-order valence-corrected chi connectivity index (χ4v) is 1.54. The SMILES string of the molecule is C1=C(OOC2=CCCC2)CCC1. The summed E-state index contributed by atoms with van der Waals surface area (Å²) in [6.07, 6.45) is 11.0. The lowest BCUT2D eigenvalue weighted by Crippen LogP contribution is -1.91. The monoisotopic (exact) mass is 166 g/mol. The molecule has 0 bridgehead atoms. The lowest BCUT2D eigenvalue weighted by Gasteiger charge is -2.05. The van der Waals surface area contributed by atoms with E-state index in [0.717, 1.165) is 37.2 Å². The standard InChI is InChI=1S/C10H14O2/c1-2-6-9(5-1)11-12-10-7-3-4-8-10/h5,7H,1-4,6,8H2. The van der Waals surface area contributed by atoms with Crippen LogP contribution in [0.3, 0.4) is 0 Å². The van der Waals surface area contributed by atoms with Gasteiger partial charge in [-0.05, 0) is 37.8 Å². The minimum Gasteiger partial charge on any atom is -0.295 e. The van der Waals surface area contributed by atoms with Crippen molar-refractivity contribution in [1.82, 2.24) is 0 Å². The van der Waals surface area contributed by atoms with Crippen LogP contribution >= 0.6 is 0 Å². The topological polar surface area (TPSA) is 18.5 Å². The predicted octanol–water partition coefficient (Wildman–Crippen LogP) is 3.07. The van der Waals surface area contributed by atoms with Gasteiger partial charge in [-0.2, -0.15) is 0 Å². The molecule has 0 spiro atoms. The minimum absolute atomic E-state index is 1.00. The Labute approximate surface area is 72.8 Å². The predicted molar refractivity (Wildman–Crippen MR) is 46.0 cm³/mol. The molecule has 0 saturated carbocycles. The molecule has 0 heterocycles. The highest BCUT2D eigenvalue weighted by Gasteiger charge is 2.10. The van der Waals surface area contributed by atoms with Crippen LogP contribution in [-0.2, 0) is 9.78 Å². The van der Waals surface area contributed by atoms with E-state index in [9.17, 15) is 0 Å². The Balaban J connectivity index is 1.74. The van der Waals surface area contributed by atoms with Crippen LogP contribution in [0.4, 0.5) is 0 Å². The van der Waals surface area contributed by atoms with Crippen molar-refractivity contribution >= 4 is 0 Å². The molecule has 2 nitrogen and oxygen atoms in total. The molecular formula is C10H14O2. The van der Waals surface area contributed by atoms with Crippen LogP contribution in [0.2, 0.25) is 0 Å². The fourth-order valence-electron chi connectivity index (χ4n) is 1.54. The molecule has 0 saturated heterocycles. The van der Waals surface area contributed by atoms with Gasteiger partial charge in [-0.25, -0.2) is 0 Å². The summed E-state index contributed by atoms with van der Waals surface area (Å²) in [4.78, 5) is 10.4.